The van der Waals surface area contributed by atoms with Crippen LogP contribution in [0.1, 0.15) is 0 Å². The van der Waals surface area contributed by atoms with Crippen LogP contribution in [0.25, 0.3) is 43.6 Å². The molecule has 2 heterocycles. The number of aromatic amines is 1. The largest absolute Gasteiger partial charge is 0.493 e. The predicted octanol–water partition coefficient (Wildman–Crippen LogP) is 6.54. The molecule has 7 aromatic rings. The fourth-order valence-electron chi connectivity index (χ4n) is 6.64. The molecule has 7 rings (SSSR count). The van der Waals surface area contributed by atoms with Gasteiger partial charge < -0.3 is 38.7 Å². The van der Waals surface area contributed by atoms with Gasteiger partial charge in [0.1, 0.15) is 43.5 Å². The number of H-pyrrole nitrogens is 1. The average molecular weight is 660 g/mol. The first-order valence-corrected chi connectivity index (χ1v) is 16.6. The van der Waals surface area contributed by atoms with Crippen LogP contribution in [0, 0.1) is 0 Å². The number of aliphatic hydroxyl groups excluding tert-OH is 2. The van der Waals surface area contributed by atoms with Gasteiger partial charge in [0, 0.05) is 59.3 Å². The molecule has 252 valence electrons. The molecule has 0 aliphatic heterocycles. The molecule has 49 heavy (non-hydrogen) atoms. The number of benzene rings is 5. The van der Waals surface area contributed by atoms with Gasteiger partial charge in [-0.15, -0.1) is 0 Å². The summed E-state index contributed by atoms with van der Waals surface area (Å²) in [6.07, 6.45) is -1.66. The van der Waals surface area contributed by atoms with E-state index in [0.29, 0.717) is 30.4 Å². The number of hydrogen-bond donors (Lipinski definition) is 3. The Bertz CT molecular complexity index is 2190. The van der Waals surface area contributed by atoms with E-state index in [9.17, 15) is 10.2 Å². The summed E-state index contributed by atoms with van der Waals surface area (Å²) in [6, 6.07) is 35.7. The first-order chi connectivity index (χ1) is 24.0. The Hall–Kier alpha value is -5.22. The second-order valence-electron chi connectivity index (χ2n) is 12.3. The van der Waals surface area contributed by atoms with Gasteiger partial charge in [-0.1, -0.05) is 60.7 Å². The molecule has 0 bridgehead atoms. The third kappa shape index (κ3) is 6.87. The fraction of sp³-hybridized carbons (Fsp3) is 0.250. The van der Waals surface area contributed by atoms with E-state index in [1.807, 2.05) is 96.9 Å². The maximum absolute atomic E-state index is 11.2. The van der Waals surface area contributed by atoms with Crippen molar-refractivity contribution in [2.45, 2.75) is 12.2 Å². The van der Waals surface area contributed by atoms with Gasteiger partial charge in [-0.25, -0.2) is 0 Å². The predicted molar refractivity (Wildman–Crippen MR) is 194 cm³/mol. The Kier molecular flexibility index (Phi) is 9.56. The Balaban J connectivity index is 1.03. The normalized spacial score (nSPS) is 13.0. The summed E-state index contributed by atoms with van der Waals surface area (Å²) in [6.45, 7) is 1.46. The Morgan fingerprint density at radius 3 is 1.94 bits per heavy atom. The standard InChI is InChI=1S/C40H41N3O6/c1-42-33-15-6-4-12-30(33)40-34(42)16-10-20-38(40)49-26-28(45)24-43(21-22-47-36-18-8-7-17-35(36)46-2)23-27(44)25-48-37-19-9-14-32-39(37)29-11-3-5-13-31(29)41-32/h3-20,27-28,41,44-45H,21-26H2,1-2H3. The molecule has 0 saturated heterocycles. The number of fused-ring (bicyclic) bond motifs is 6. The highest BCUT2D eigenvalue weighted by Gasteiger charge is 2.20. The number of aliphatic hydroxyl groups is 2. The van der Waals surface area contributed by atoms with Gasteiger partial charge in [0.25, 0.3) is 0 Å². The van der Waals surface area contributed by atoms with Crippen LogP contribution in [-0.4, -0.2) is 83.4 Å². The third-order valence-electron chi connectivity index (χ3n) is 8.93. The van der Waals surface area contributed by atoms with E-state index in [2.05, 4.69) is 33.8 Å². The lowest BCUT2D eigenvalue weighted by Gasteiger charge is -2.27. The van der Waals surface area contributed by atoms with Crippen LogP contribution in [0.2, 0.25) is 0 Å². The van der Waals surface area contributed by atoms with Crippen molar-refractivity contribution < 1.29 is 29.2 Å². The highest BCUT2D eigenvalue weighted by Crippen LogP contribution is 2.35. The van der Waals surface area contributed by atoms with E-state index in [4.69, 9.17) is 18.9 Å². The molecule has 9 heteroatoms. The first-order valence-electron chi connectivity index (χ1n) is 16.6. The summed E-state index contributed by atoms with van der Waals surface area (Å²) in [7, 11) is 3.65. The molecule has 0 amide bonds. The molecule has 0 fully saturated rings. The molecule has 2 aromatic heterocycles. The van der Waals surface area contributed by atoms with Gasteiger partial charge in [0.05, 0.1) is 18.1 Å². The van der Waals surface area contributed by atoms with Crippen LogP contribution < -0.4 is 18.9 Å². The van der Waals surface area contributed by atoms with Crippen molar-refractivity contribution in [3.8, 4) is 23.0 Å². The number of nitrogens with zero attached hydrogens (tertiary/aromatic N) is 2. The Morgan fingerprint density at radius 1 is 0.612 bits per heavy atom. The maximum Gasteiger partial charge on any atom is 0.161 e. The van der Waals surface area contributed by atoms with Crippen LogP contribution in [0.5, 0.6) is 23.0 Å². The van der Waals surface area contributed by atoms with Crippen LogP contribution in [-0.2, 0) is 7.05 Å². The van der Waals surface area contributed by atoms with Gasteiger partial charge >= 0.3 is 0 Å². The average Bonchev–Trinajstić information content (AvgIpc) is 3.66. The number of aryl methyl sites for hydroxylation is 1. The summed E-state index contributed by atoms with van der Waals surface area (Å²) >= 11 is 0. The number of aromatic nitrogens is 2. The molecule has 2 atom stereocenters. The number of hydrogen-bond acceptors (Lipinski definition) is 7. The van der Waals surface area contributed by atoms with Crippen molar-refractivity contribution in [3.63, 3.8) is 0 Å². The lowest BCUT2D eigenvalue weighted by Crippen LogP contribution is -2.43. The summed E-state index contributed by atoms with van der Waals surface area (Å²) in [5.41, 5.74) is 4.19. The van der Waals surface area contributed by atoms with E-state index < -0.39 is 12.2 Å². The van der Waals surface area contributed by atoms with E-state index in [1.165, 1.54) is 0 Å². The minimum Gasteiger partial charge on any atom is -0.493 e. The number of rotatable bonds is 15. The minimum absolute atomic E-state index is 0.0815. The van der Waals surface area contributed by atoms with Crippen LogP contribution in [0.3, 0.4) is 0 Å². The summed E-state index contributed by atoms with van der Waals surface area (Å²) in [4.78, 5) is 5.41. The fourth-order valence-corrected chi connectivity index (χ4v) is 6.64. The van der Waals surface area contributed by atoms with Gasteiger partial charge in [0.15, 0.2) is 11.5 Å². The second kappa shape index (κ2) is 14.5. The topological polar surface area (TPSA) is 101 Å². The SMILES string of the molecule is COc1ccccc1OCCN(CC(O)COc1cccc2[nH]c3ccccc3c12)CC(O)COc1cccc2c1c1ccccc1n2C. The molecule has 0 aliphatic rings. The van der Waals surface area contributed by atoms with Gasteiger partial charge in [-0.2, -0.15) is 0 Å². The third-order valence-corrected chi connectivity index (χ3v) is 8.93. The summed E-state index contributed by atoms with van der Waals surface area (Å²) < 4.78 is 26.1. The Morgan fingerprint density at radius 2 is 1.18 bits per heavy atom. The van der Waals surface area contributed by atoms with Crippen molar-refractivity contribution in [1.29, 1.82) is 0 Å². The maximum atomic E-state index is 11.2. The molecule has 5 aromatic carbocycles. The lowest BCUT2D eigenvalue weighted by atomic mass is 10.1. The van der Waals surface area contributed by atoms with Gasteiger partial charge in [-0.3, -0.25) is 4.90 Å². The zero-order chi connectivity index (χ0) is 33.7. The highest BCUT2D eigenvalue weighted by molar-refractivity contribution is 6.11. The van der Waals surface area contributed by atoms with Gasteiger partial charge in [-0.05, 0) is 48.5 Å². The molecule has 3 N–H and O–H groups in total. The van der Waals surface area contributed by atoms with Crippen molar-refractivity contribution in [2.24, 2.45) is 7.05 Å². The number of ether oxygens (including phenoxy) is 4. The van der Waals surface area contributed by atoms with E-state index in [-0.39, 0.29) is 26.3 Å². The summed E-state index contributed by atoms with van der Waals surface area (Å²) in [5, 5.41) is 26.6. The van der Waals surface area contributed by atoms with Crippen LogP contribution in [0.4, 0.5) is 0 Å². The number of para-hydroxylation sites is 4. The monoisotopic (exact) mass is 659 g/mol. The molecule has 2 unspecified atom stereocenters. The lowest BCUT2D eigenvalue weighted by molar-refractivity contribution is 0.0271. The zero-order valence-electron chi connectivity index (χ0n) is 27.7. The molecule has 0 saturated carbocycles. The Labute approximate surface area is 284 Å². The van der Waals surface area contributed by atoms with Crippen LogP contribution >= 0.6 is 0 Å². The highest BCUT2D eigenvalue weighted by atomic mass is 16.5. The molecule has 9 nitrogen and oxygen atoms in total. The quantitative estimate of drug-likeness (QED) is 0.115. The van der Waals surface area contributed by atoms with Crippen molar-refractivity contribution in [2.75, 3.05) is 46.6 Å². The number of methoxy groups -OCH3 is 1. The zero-order valence-corrected chi connectivity index (χ0v) is 27.7. The summed E-state index contributed by atoms with van der Waals surface area (Å²) in [5.74, 6) is 2.70. The molecule has 0 radical (unpaired) electrons. The second-order valence-corrected chi connectivity index (χ2v) is 12.3. The molecule has 0 spiro atoms. The first kappa shape index (κ1) is 32.3. The molecule has 0 aliphatic carbocycles. The number of nitrogens with one attached hydrogen (secondary N) is 1. The van der Waals surface area contributed by atoms with Gasteiger partial charge in [0.2, 0.25) is 0 Å². The van der Waals surface area contributed by atoms with E-state index >= 15 is 0 Å². The minimum atomic E-state index is -0.829. The van der Waals surface area contributed by atoms with E-state index in [0.717, 1.165) is 49.4 Å². The molecular formula is C40H41N3O6. The molecular weight excluding hydrogens is 618 g/mol. The van der Waals surface area contributed by atoms with Crippen LogP contribution in [0.15, 0.2) is 109 Å². The van der Waals surface area contributed by atoms with Crippen molar-refractivity contribution >= 4 is 43.6 Å². The smallest absolute Gasteiger partial charge is 0.161 e. The van der Waals surface area contributed by atoms with Crippen molar-refractivity contribution in [3.05, 3.63) is 109 Å². The van der Waals surface area contributed by atoms with Crippen molar-refractivity contribution in [1.82, 2.24) is 14.5 Å². The van der Waals surface area contributed by atoms with E-state index in [1.54, 1.807) is 7.11 Å².